The van der Waals surface area contributed by atoms with E-state index in [1.807, 2.05) is 36.4 Å². The van der Waals surface area contributed by atoms with Crippen molar-refractivity contribution < 1.29 is 14.6 Å². The second-order valence-electron chi connectivity index (χ2n) is 8.16. The lowest BCUT2D eigenvalue weighted by molar-refractivity contribution is 0.0600. The van der Waals surface area contributed by atoms with E-state index in [-0.39, 0.29) is 24.0 Å². The van der Waals surface area contributed by atoms with Gasteiger partial charge in [-0.3, -0.25) is 0 Å². The lowest BCUT2D eigenvalue weighted by Crippen LogP contribution is -2.27. The fourth-order valence-electron chi connectivity index (χ4n) is 4.53. The number of rotatable bonds is 5. The van der Waals surface area contributed by atoms with E-state index in [1.165, 1.54) is 17.5 Å². The first kappa shape index (κ1) is 20.7. The van der Waals surface area contributed by atoms with Crippen LogP contribution < -0.4 is 10.4 Å². The highest BCUT2D eigenvalue weighted by molar-refractivity contribution is 5.96. The van der Waals surface area contributed by atoms with Crippen molar-refractivity contribution in [1.29, 1.82) is 0 Å². The predicted molar refractivity (Wildman–Crippen MR) is 128 cm³/mol. The lowest BCUT2D eigenvalue weighted by atomic mass is 9.90. The molecule has 3 aromatic carbocycles. The summed E-state index contributed by atoms with van der Waals surface area (Å²) in [6.07, 6.45) is 5.36. The van der Waals surface area contributed by atoms with Crippen molar-refractivity contribution in [3.8, 4) is 5.88 Å². The van der Waals surface area contributed by atoms with Gasteiger partial charge in [-0.25, -0.2) is 4.79 Å². The first-order valence-electron chi connectivity index (χ1n) is 10.7. The van der Waals surface area contributed by atoms with Gasteiger partial charge in [-0.15, -0.1) is 4.91 Å². The minimum absolute atomic E-state index is 0.0187. The minimum atomic E-state index is -0.430. The fourth-order valence-corrected chi connectivity index (χ4v) is 4.53. The van der Waals surface area contributed by atoms with Gasteiger partial charge in [0.05, 0.1) is 24.7 Å². The molecule has 164 valence electrons. The summed E-state index contributed by atoms with van der Waals surface area (Å²) >= 11 is 0. The number of nitrogens with zero attached hydrogens (tertiary/aromatic N) is 2. The molecule has 0 amide bonds. The second kappa shape index (κ2) is 8.39. The van der Waals surface area contributed by atoms with E-state index in [0.29, 0.717) is 10.9 Å². The number of ether oxygens (including phenoxy) is 1. The number of esters is 1. The summed E-state index contributed by atoms with van der Waals surface area (Å²) in [5.74, 6) is -0.435. The number of aromatic nitrogens is 1. The summed E-state index contributed by atoms with van der Waals surface area (Å²) < 4.78 is 6.47. The Kier molecular flexibility index (Phi) is 5.26. The van der Waals surface area contributed by atoms with Crippen LogP contribution in [0, 0.1) is 4.91 Å². The molecule has 0 spiro atoms. The lowest BCUT2D eigenvalue weighted by Gasteiger charge is -2.15. The smallest absolute Gasteiger partial charge is 0.337 e. The predicted octanol–water partition coefficient (Wildman–Crippen LogP) is 4.33. The van der Waals surface area contributed by atoms with E-state index in [9.17, 15) is 14.8 Å². The van der Waals surface area contributed by atoms with Crippen LogP contribution in [0.4, 0.5) is 5.69 Å². The van der Waals surface area contributed by atoms with Crippen LogP contribution in [0.5, 0.6) is 5.88 Å². The quantitative estimate of drug-likeness (QED) is 0.372. The molecule has 4 aromatic rings. The molecule has 1 atom stereocenters. The van der Waals surface area contributed by atoms with E-state index in [0.717, 1.165) is 23.1 Å². The molecule has 5 rings (SSSR count). The van der Waals surface area contributed by atoms with Gasteiger partial charge in [-0.05, 0) is 51.4 Å². The van der Waals surface area contributed by atoms with Gasteiger partial charge < -0.3 is 14.4 Å². The van der Waals surface area contributed by atoms with Crippen molar-refractivity contribution >= 4 is 34.7 Å². The molecule has 1 unspecified atom stereocenters. The first-order chi connectivity index (χ1) is 16.1. The summed E-state index contributed by atoms with van der Waals surface area (Å²) in [6, 6.07) is 21.1. The third kappa shape index (κ3) is 3.69. The molecule has 0 fully saturated rings. The number of hydrogen-bond acceptors (Lipinski definition) is 5. The summed E-state index contributed by atoms with van der Waals surface area (Å²) in [5, 5.41) is 16.9. The SMILES string of the molecule is COC(=O)c1cccc(Cn2c(O)c(N=O)c3ccc(C4C=c5ccccc5=CC4)cc32)c1. The maximum atomic E-state index is 11.9. The van der Waals surface area contributed by atoms with Crippen molar-refractivity contribution in [3.63, 3.8) is 0 Å². The number of carbonyl (C=O) groups is 1. The number of carbonyl (C=O) groups excluding carboxylic acids is 1. The van der Waals surface area contributed by atoms with Gasteiger partial charge in [0.1, 0.15) is 0 Å². The molecule has 0 radical (unpaired) electrons. The molecule has 0 aliphatic heterocycles. The molecule has 6 nitrogen and oxygen atoms in total. The normalized spacial score (nSPS) is 14.8. The monoisotopic (exact) mass is 438 g/mol. The average Bonchev–Trinajstić information content (AvgIpc) is 3.13. The Balaban J connectivity index is 1.59. The van der Waals surface area contributed by atoms with Crippen LogP contribution in [-0.4, -0.2) is 22.8 Å². The van der Waals surface area contributed by atoms with E-state index in [1.54, 1.807) is 22.8 Å². The van der Waals surface area contributed by atoms with Gasteiger partial charge >= 0.3 is 5.97 Å². The highest BCUT2D eigenvalue weighted by Gasteiger charge is 2.20. The van der Waals surface area contributed by atoms with Gasteiger partial charge in [0.15, 0.2) is 5.69 Å². The van der Waals surface area contributed by atoms with Crippen LogP contribution in [0.1, 0.15) is 33.8 Å². The fraction of sp³-hybridized carbons (Fsp3) is 0.148. The summed E-state index contributed by atoms with van der Waals surface area (Å²) in [4.78, 5) is 23.4. The number of aromatic hydroxyl groups is 1. The Morgan fingerprint density at radius 2 is 1.91 bits per heavy atom. The summed E-state index contributed by atoms with van der Waals surface area (Å²) in [6.45, 7) is 0.273. The summed E-state index contributed by atoms with van der Waals surface area (Å²) in [5.41, 5.74) is 3.04. The first-order valence-corrected chi connectivity index (χ1v) is 10.7. The number of nitroso groups, excluding NO2 is 1. The molecule has 0 saturated carbocycles. The van der Waals surface area contributed by atoms with Crippen LogP contribution in [0.3, 0.4) is 0 Å². The highest BCUT2D eigenvalue weighted by Crippen LogP contribution is 2.40. The molecule has 1 aliphatic rings. The van der Waals surface area contributed by atoms with E-state index >= 15 is 0 Å². The molecule has 1 N–H and O–H groups in total. The standard InChI is InChI=1S/C27H22N2O4/c1-33-27(31)22-8-4-5-17(13-22)16-29-24-15-21(11-12-23(24)25(28-32)26(29)30)20-10-9-18-6-2-3-7-19(18)14-20/h2-9,11-15,20,30H,10,16H2,1H3. The van der Waals surface area contributed by atoms with E-state index in [2.05, 4.69) is 29.5 Å². The Hall–Kier alpha value is -4.19. The van der Waals surface area contributed by atoms with E-state index < -0.39 is 5.97 Å². The topological polar surface area (TPSA) is 80.9 Å². The Bertz CT molecular complexity index is 1520. The van der Waals surface area contributed by atoms with Crippen molar-refractivity contribution in [2.75, 3.05) is 7.11 Å². The van der Waals surface area contributed by atoms with Crippen molar-refractivity contribution in [3.05, 3.63) is 98.8 Å². The van der Waals surface area contributed by atoms with Crippen LogP contribution in [0.2, 0.25) is 0 Å². The van der Waals surface area contributed by atoms with Crippen molar-refractivity contribution in [2.24, 2.45) is 5.18 Å². The number of fused-ring (bicyclic) bond motifs is 2. The largest absolute Gasteiger partial charge is 0.493 e. The van der Waals surface area contributed by atoms with Crippen molar-refractivity contribution in [1.82, 2.24) is 4.57 Å². The second-order valence-corrected chi connectivity index (χ2v) is 8.16. The third-order valence-electron chi connectivity index (χ3n) is 6.21. The molecule has 1 aliphatic carbocycles. The Morgan fingerprint density at radius 3 is 2.70 bits per heavy atom. The summed E-state index contributed by atoms with van der Waals surface area (Å²) in [7, 11) is 1.34. The van der Waals surface area contributed by atoms with Gasteiger partial charge in [0.2, 0.25) is 5.88 Å². The van der Waals surface area contributed by atoms with Gasteiger partial charge in [-0.1, -0.05) is 60.7 Å². The van der Waals surface area contributed by atoms with Crippen LogP contribution >= 0.6 is 0 Å². The molecular formula is C27H22N2O4. The zero-order valence-electron chi connectivity index (χ0n) is 18.1. The zero-order chi connectivity index (χ0) is 22.9. The van der Waals surface area contributed by atoms with Crippen LogP contribution in [0.25, 0.3) is 23.1 Å². The average molecular weight is 438 g/mol. The molecular weight excluding hydrogens is 416 g/mol. The number of benzene rings is 3. The molecule has 6 heteroatoms. The number of hydrogen-bond donors (Lipinski definition) is 1. The minimum Gasteiger partial charge on any atom is -0.493 e. The molecule has 33 heavy (non-hydrogen) atoms. The number of methoxy groups -OCH3 is 1. The maximum absolute atomic E-state index is 11.9. The Labute approximate surface area is 190 Å². The highest BCUT2D eigenvalue weighted by atomic mass is 16.5. The molecule has 1 heterocycles. The van der Waals surface area contributed by atoms with Gasteiger partial charge in [0, 0.05) is 11.3 Å². The van der Waals surface area contributed by atoms with Crippen LogP contribution in [0.15, 0.2) is 71.9 Å². The van der Waals surface area contributed by atoms with Crippen molar-refractivity contribution in [2.45, 2.75) is 18.9 Å². The van der Waals surface area contributed by atoms with Crippen LogP contribution in [-0.2, 0) is 11.3 Å². The van der Waals surface area contributed by atoms with Gasteiger partial charge in [-0.2, -0.15) is 0 Å². The molecule has 0 saturated heterocycles. The van der Waals surface area contributed by atoms with Gasteiger partial charge in [0.25, 0.3) is 0 Å². The molecule has 1 aromatic heterocycles. The Morgan fingerprint density at radius 1 is 1.09 bits per heavy atom. The zero-order valence-corrected chi connectivity index (χ0v) is 18.1. The van der Waals surface area contributed by atoms with E-state index in [4.69, 9.17) is 4.74 Å². The maximum Gasteiger partial charge on any atom is 0.337 e. The third-order valence-corrected chi connectivity index (χ3v) is 6.21. The molecule has 0 bridgehead atoms.